The average Bonchev–Trinajstić information content (AvgIpc) is 2.87. The van der Waals surface area contributed by atoms with E-state index in [1.54, 1.807) is 58.0 Å². The number of hydrogen-bond donors (Lipinski definition) is 3. The van der Waals surface area contributed by atoms with E-state index in [0.717, 1.165) is 17.6 Å². The number of aromatic hydroxyl groups is 1. The first-order valence-corrected chi connectivity index (χ1v) is 12.2. The van der Waals surface area contributed by atoms with Crippen molar-refractivity contribution in [3.05, 3.63) is 65.2 Å². The van der Waals surface area contributed by atoms with Crippen LogP contribution in [0.3, 0.4) is 0 Å². The standard InChI is InChI=1S/C28H34N4O7/c1-18-15-20(11-12-22(18)33)24(25(35)30-17-23(34)38-5)32(14-13-29)26(36)21(16-19-9-7-6-8-10-19)31-27(37)39-28(2,3)4/h6-12,15,21,24,33H,14,16-17H2,1-5H3,(H,30,35)(H,31,37). The van der Waals surface area contributed by atoms with Crippen molar-refractivity contribution < 1.29 is 33.8 Å². The normalized spacial score (nSPS) is 12.3. The Morgan fingerprint density at radius 1 is 1.10 bits per heavy atom. The van der Waals surface area contributed by atoms with E-state index >= 15 is 0 Å². The lowest BCUT2D eigenvalue weighted by Gasteiger charge is -2.33. The molecule has 0 fully saturated rings. The second-order valence-electron chi connectivity index (χ2n) is 9.76. The summed E-state index contributed by atoms with van der Waals surface area (Å²) in [5.41, 5.74) is 0.592. The van der Waals surface area contributed by atoms with E-state index in [1.807, 2.05) is 6.07 Å². The molecule has 3 N–H and O–H groups in total. The van der Waals surface area contributed by atoms with Crippen LogP contribution in [0.4, 0.5) is 4.79 Å². The van der Waals surface area contributed by atoms with Crippen molar-refractivity contribution in [2.45, 2.75) is 51.8 Å². The van der Waals surface area contributed by atoms with Gasteiger partial charge in [-0.25, -0.2) is 4.79 Å². The van der Waals surface area contributed by atoms with Crippen LogP contribution in [-0.2, 0) is 30.3 Å². The predicted molar refractivity (Wildman–Crippen MR) is 141 cm³/mol. The molecule has 0 heterocycles. The number of carbonyl (C=O) groups is 4. The van der Waals surface area contributed by atoms with Crippen molar-refractivity contribution in [1.29, 1.82) is 5.26 Å². The topological polar surface area (TPSA) is 158 Å². The molecule has 39 heavy (non-hydrogen) atoms. The second kappa shape index (κ2) is 13.8. The van der Waals surface area contributed by atoms with Crippen LogP contribution in [0.15, 0.2) is 48.5 Å². The van der Waals surface area contributed by atoms with Crippen LogP contribution in [0.25, 0.3) is 0 Å². The van der Waals surface area contributed by atoms with Crippen molar-refractivity contribution in [3.8, 4) is 11.8 Å². The van der Waals surface area contributed by atoms with E-state index in [2.05, 4.69) is 15.4 Å². The monoisotopic (exact) mass is 538 g/mol. The van der Waals surface area contributed by atoms with Gasteiger partial charge >= 0.3 is 12.1 Å². The zero-order valence-corrected chi connectivity index (χ0v) is 22.7. The molecule has 11 heteroatoms. The third-order valence-electron chi connectivity index (χ3n) is 5.53. The molecule has 2 aromatic carbocycles. The van der Waals surface area contributed by atoms with E-state index in [0.29, 0.717) is 5.56 Å². The van der Waals surface area contributed by atoms with E-state index in [1.165, 1.54) is 18.2 Å². The van der Waals surface area contributed by atoms with Gasteiger partial charge in [-0.15, -0.1) is 0 Å². The van der Waals surface area contributed by atoms with Crippen LogP contribution in [0.5, 0.6) is 5.75 Å². The van der Waals surface area contributed by atoms with Crippen LogP contribution in [0.1, 0.15) is 43.5 Å². The summed E-state index contributed by atoms with van der Waals surface area (Å²) in [7, 11) is 1.16. The van der Waals surface area contributed by atoms with Gasteiger partial charge in [-0.3, -0.25) is 14.4 Å². The van der Waals surface area contributed by atoms with Gasteiger partial charge in [0.1, 0.15) is 36.5 Å². The lowest BCUT2D eigenvalue weighted by atomic mass is 9.99. The molecule has 2 unspecified atom stereocenters. The van der Waals surface area contributed by atoms with Gasteiger partial charge in [-0.2, -0.15) is 5.26 Å². The lowest BCUT2D eigenvalue weighted by Crippen LogP contribution is -2.54. The van der Waals surface area contributed by atoms with Crippen LogP contribution < -0.4 is 10.6 Å². The van der Waals surface area contributed by atoms with Crippen LogP contribution in [0, 0.1) is 18.3 Å². The molecular formula is C28H34N4O7. The molecule has 2 atom stereocenters. The Balaban J connectivity index is 2.54. The number of methoxy groups -OCH3 is 1. The summed E-state index contributed by atoms with van der Waals surface area (Å²) in [5, 5.41) is 24.6. The minimum Gasteiger partial charge on any atom is -0.508 e. The Labute approximate surface area is 227 Å². The average molecular weight is 539 g/mol. The largest absolute Gasteiger partial charge is 0.508 e. The lowest BCUT2D eigenvalue weighted by molar-refractivity contribution is -0.144. The molecular weight excluding hydrogens is 504 g/mol. The molecule has 0 bridgehead atoms. The SMILES string of the molecule is COC(=O)CNC(=O)C(c1ccc(O)c(C)c1)N(CC#N)C(=O)C(Cc1ccccc1)NC(=O)OC(C)(C)C. The zero-order valence-electron chi connectivity index (χ0n) is 22.7. The van der Waals surface area contributed by atoms with Crippen LogP contribution in [-0.4, -0.2) is 65.7 Å². The highest BCUT2D eigenvalue weighted by Crippen LogP contribution is 2.27. The fourth-order valence-electron chi connectivity index (χ4n) is 3.72. The summed E-state index contributed by atoms with van der Waals surface area (Å²) in [6.45, 7) is 5.66. The summed E-state index contributed by atoms with van der Waals surface area (Å²) in [6.07, 6.45) is -0.799. The Bertz CT molecular complexity index is 1220. The number of hydrogen-bond acceptors (Lipinski definition) is 8. The number of alkyl carbamates (subject to hydrolysis) is 1. The smallest absolute Gasteiger partial charge is 0.408 e. The Morgan fingerprint density at radius 3 is 2.33 bits per heavy atom. The van der Waals surface area contributed by atoms with Crippen molar-refractivity contribution >= 4 is 23.9 Å². The summed E-state index contributed by atoms with van der Waals surface area (Å²) < 4.78 is 9.93. The number of carbonyl (C=O) groups excluding carboxylic acids is 4. The quantitative estimate of drug-likeness (QED) is 0.308. The summed E-state index contributed by atoms with van der Waals surface area (Å²) >= 11 is 0. The van der Waals surface area contributed by atoms with Gasteiger partial charge in [0.2, 0.25) is 11.8 Å². The van der Waals surface area contributed by atoms with Gasteiger partial charge in [0.15, 0.2) is 0 Å². The molecule has 0 aliphatic rings. The van der Waals surface area contributed by atoms with Crippen LogP contribution >= 0.6 is 0 Å². The Morgan fingerprint density at radius 2 is 1.77 bits per heavy atom. The molecule has 0 spiro atoms. The summed E-state index contributed by atoms with van der Waals surface area (Å²) in [4.78, 5) is 52.7. The number of benzene rings is 2. The van der Waals surface area contributed by atoms with Gasteiger partial charge in [-0.1, -0.05) is 36.4 Å². The molecule has 0 aromatic heterocycles. The molecule has 3 amide bonds. The third-order valence-corrected chi connectivity index (χ3v) is 5.53. The highest BCUT2D eigenvalue weighted by molar-refractivity contribution is 5.93. The fraction of sp³-hybridized carbons (Fsp3) is 0.393. The van der Waals surface area contributed by atoms with Gasteiger partial charge in [0.05, 0.1) is 13.2 Å². The van der Waals surface area contributed by atoms with E-state index in [4.69, 9.17) is 4.74 Å². The van der Waals surface area contributed by atoms with Gasteiger partial charge in [0, 0.05) is 6.42 Å². The van der Waals surface area contributed by atoms with E-state index in [9.17, 15) is 29.5 Å². The molecule has 0 aliphatic carbocycles. The minimum absolute atomic E-state index is 0.0285. The molecule has 0 saturated heterocycles. The maximum atomic E-state index is 14.0. The number of nitriles is 1. The number of nitrogens with zero attached hydrogens (tertiary/aromatic N) is 2. The molecule has 0 radical (unpaired) electrons. The number of esters is 1. The Hall–Kier alpha value is -4.59. The van der Waals surface area contributed by atoms with Crippen molar-refractivity contribution in [2.75, 3.05) is 20.2 Å². The summed E-state index contributed by atoms with van der Waals surface area (Å²) in [5.74, 6) is -2.23. The molecule has 208 valence electrons. The highest BCUT2D eigenvalue weighted by atomic mass is 16.6. The highest BCUT2D eigenvalue weighted by Gasteiger charge is 2.36. The number of rotatable bonds is 10. The van der Waals surface area contributed by atoms with E-state index < -0.39 is 54.7 Å². The first-order chi connectivity index (χ1) is 18.4. The first-order valence-electron chi connectivity index (χ1n) is 12.2. The second-order valence-corrected chi connectivity index (χ2v) is 9.76. The van der Waals surface area contributed by atoms with Crippen molar-refractivity contribution in [3.63, 3.8) is 0 Å². The van der Waals surface area contributed by atoms with Gasteiger partial charge < -0.3 is 30.1 Å². The number of phenols is 1. The maximum Gasteiger partial charge on any atom is 0.408 e. The maximum absolute atomic E-state index is 14.0. The third kappa shape index (κ3) is 9.34. The minimum atomic E-state index is -1.38. The number of amides is 3. The van der Waals surface area contributed by atoms with Gasteiger partial charge in [0.25, 0.3) is 0 Å². The molecule has 0 saturated carbocycles. The summed E-state index contributed by atoms with van der Waals surface area (Å²) in [6, 6.07) is 12.5. The number of ether oxygens (including phenoxy) is 2. The first kappa shape index (κ1) is 30.6. The van der Waals surface area contributed by atoms with Gasteiger partial charge in [-0.05, 0) is 56.5 Å². The number of phenolic OH excluding ortho intramolecular Hbond substituents is 1. The molecule has 0 aliphatic heterocycles. The van der Waals surface area contributed by atoms with E-state index in [-0.39, 0.29) is 17.7 Å². The van der Waals surface area contributed by atoms with Crippen LogP contribution in [0.2, 0.25) is 0 Å². The predicted octanol–water partition coefficient (Wildman–Crippen LogP) is 2.52. The zero-order chi connectivity index (χ0) is 29.2. The Kier molecular flexibility index (Phi) is 10.8. The number of aryl methyl sites for hydroxylation is 1. The molecule has 2 aromatic rings. The van der Waals surface area contributed by atoms with Crippen molar-refractivity contribution in [1.82, 2.24) is 15.5 Å². The molecule has 2 rings (SSSR count). The molecule has 11 nitrogen and oxygen atoms in total. The fourth-order valence-corrected chi connectivity index (χ4v) is 3.72. The number of nitrogens with one attached hydrogen (secondary N) is 2. The van der Waals surface area contributed by atoms with Crippen molar-refractivity contribution in [2.24, 2.45) is 0 Å².